The minimum Gasteiger partial charge on any atom is -0.352 e. The van der Waals surface area contributed by atoms with Gasteiger partial charge in [0.15, 0.2) is 0 Å². The van der Waals surface area contributed by atoms with Gasteiger partial charge in [0, 0.05) is 17.4 Å². The van der Waals surface area contributed by atoms with Crippen LogP contribution in [0.25, 0.3) is 0 Å². The minimum absolute atomic E-state index is 0.0393. The third-order valence-electron chi connectivity index (χ3n) is 5.45. The summed E-state index contributed by atoms with van der Waals surface area (Å²) in [6.45, 7) is 6.05. The summed E-state index contributed by atoms with van der Waals surface area (Å²) in [6.07, 6.45) is 2.62. The van der Waals surface area contributed by atoms with Crippen LogP contribution in [0.1, 0.15) is 48.2 Å². The van der Waals surface area contributed by atoms with Crippen LogP contribution >= 0.6 is 11.8 Å². The molecule has 1 aliphatic rings. The van der Waals surface area contributed by atoms with Gasteiger partial charge in [-0.25, -0.2) is 0 Å². The molecule has 0 spiro atoms. The minimum atomic E-state index is -0.420. The van der Waals surface area contributed by atoms with Crippen molar-refractivity contribution in [2.45, 2.75) is 57.5 Å². The Morgan fingerprint density at radius 1 is 1.14 bits per heavy atom. The number of nitrogens with zero attached hydrogens (tertiary/aromatic N) is 1. The molecule has 0 radical (unpaired) electrons. The zero-order chi connectivity index (χ0) is 20.8. The summed E-state index contributed by atoms with van der Waals surface area (Å²) in [5, 5.41) is 3.18. The molecule has 1 N–H and O–H groups in total. The highest BCUT2D eigenvalue weighted by atomic mass is 32.2. The molecule has 2 aromatic carbocycles. The average molecular weight is 411 g/mol. The lowest BCUT2D eigenvalue weighted by atomic mass is 10.0. The van der Waals surface area contributed by atoms with Gasteiger partial charge in [-0.15, -0.1) is 11.8 Å². The third kappa shape index (κ3) is 5.21. The molecule has 2 aromatic rings. The number of aryl methyl sites for hydroxylation is 2. The van der Waals surface area contributed by atoms with Crippen LogP contribution in [0.3, 0.4) is 0 Å². The van der Waals surface area contributed by atoms with Crippen molar-refractivity contribution in [2.24, 2.45) is 0 Å². The maximum Gasteiger partial charge on any atom is 0.255 e. The molecule has 3 atom stereocenters. The first kappa shape index (κ1) is 21.4. The number of hydrogen-bond acceptors (Lipinski definition) is 3. The summed E-state index contributed by atoms with van der Waals surface area (Å²) in [5.74, 6) is 0.556. The molecule has 2 amide bonds. The van der Waals surface area contributed by atoms with Crippen LogP contribution in [0.5, 0.6) is 0 Å². The molecule has 1 aliphatic heterocycles. The predicted molar refractivity (Wildman–Crippen MR) is 120 cm³/mol. The Morgan fingerprint density at radius 3 is 2.52 bits per heavy atom. The molecular formula is C24H30N2O2S. The number of thioether (sulfide) groups is 1. The molecule has 0 aliphatic carbocycles. The van der Waals surface area contributed by atoms with E-state index in [1.807, 2.05) is 56.3 Å². The molecule has 3 rings (SSSR count). The van der Waals surface area contributed by atoms with Crippen molar-refractivity contribution >= 4 is 23.6 Å². The van der Waals surface area contributed by atoms with E-state index in [9.17, 15) is 9.59 Å². The predicted octanol–water partition coefficient (Wildman–Crippen LogP) is 4.43. The molecule has 0 bridgehead atoms. The summed E-state index contributed by atoms with van der Waals surface area (Å²) in [6, 6.07) is 17.5. The fourth-order valence-electron chi connectivity index (χ4n) is 3.74. The molecule has 4 nitrogen and oxygen atoms in total. The number of carbonyl (C=O) groups is 2. The first-order valence-electron chi connectivity index (χ1n) is 10.4. The average Bonchev–Trinajstić information content (AvgIpc) is 3.17. The van der Waals surface area contributed by atoms with E-state index in [0.717, 1.165) is 24.8 Å². The maximum atomic E-state index is 13.3. The van der Waals surface area contributed by atoms with E-state index in [0.29, 0.717) is 11.3 Å². The van der Waals surface area contributed by atoms with Crippen molar-refractivity contribution in [3.05, 3.63) is 71.3 Å². The molecule has 3 unspecified atom stereocenters. The highest BCUT2D eigenvalue weighted by molar-refractivity contribution is 8.00. The number of rotatable bonds is 7. The number of nitrogens with one attached hydrogen (secondary N) is 1. The third-order valence-corrected chi connectivity index (χ3v) is 6.91. The second kappa shape index (κ2) is 9.97. The molecular weight excluding hydrogens is 380 g/mol. The Kier molecular flexibility index (Phi) is 7.37. The fourth-order valence-corrected chi connectivity index (χ4v) is 5.10. The SMILES string of the molecule is CCC1SCC(C(=O)NC(C)CCc2ccccc2)N1C(=O)c1ccccc1C. The van der Waals surface area contributed by atoms with Crippen molar-refractivity contribution in [3.8, 4) is 0 Å². The van der Waals surface area contributed by atoms with Gasteiger partial charge >= 0.3 is 0 Å². The molecule has 0 saturated carbocycles. The van der Waals surface area contributed by atoms with E-state index in [-0.39, 0.29) is 23.2 Å². The Morgan fingerprint density at radius 2 is 1.83 bits per heavy atom. The molecule has 1 saturated heterocycles. The summed E-state index contributed by atoms with van der Waals surface area (Å²) >= 11 is 1.70. The van der Waals surface area contributed by atoms with Crippen LogP contribution in [0.15, 0.2) is 54.6 Å². The Labute approximate surface area is 178 Å². The maximum absolute atomic E-state index is 13.3. The Balaban J connectivity index is 1.66. The van der Waals surface area contributed by atoms with Crippen LogP contribution in [-0.2, 0) is 11.2 Å². The molecule has 1 fully saturated rings. The van der Waals surface area contributed by atoms with Crippen LogP contribution < -0.4 is 5.32 Å². The lowest BCUT2D eigenvalue weighted by Gasteiger charge is -2.29. The Bertz CT molecular complexity index is 840. The largest absolute Gasteiger partial charge is 0.352 e. The fraction of sp³-hybridized carbons (Fsp3) is 0.417. The van der Waals surface area contributed by atoms with E-state index in [2.05, 4.69) is 24.4 Å². The van der Waals surface area contributed by atoms with Gasteiger partial charge in [0.1, 0.15) is 6.04 Å². The second-order valence-electron chi connectivity index (χ2n) is 7.67. The normalized spacial score (nSPS) is 19.8. The summed E-state index contributed by atoms with van der Waals surface area (Å²) in [4.78, 5) is 28.1. The summed E-state index contributed by atoms with van der Waals surface area (Å²) < 4.78 is 0. The van der Waals surface area contributed by atoms with Crippen LogP contribution in [-0.4, -0.2) is 39.9 Å². The number of carbonyl (C=O) groups excluding carboxylic acids is 2. The zero-order valence-electron chi connectivity index (χ0n) is 17.4. The first-order chi connectivity index (χ1) is 14.0. The molecule has 5 heteroatoms. The van der Waals surface area contributed by atoms with Crippen LogP contribution in [0.4, 0.5) is 0 Å². The van der Waals surface area contributed by atoms with Crippen molar-refractivity contribution in [1.29, 1.82) is 0 Å². The van der Waals surface area contributed by atoms with Crippen molar-refractivity contribution < 1.29 is 9.59 Å². The van der Waals surface area contributed by atoms with Gasteiger partial charge in [-0.2, -0.15) is 0 Å². The Hall–Kier alpha value is -2.27. The summed E-state index contributed by atoms with van der Waals surface area (Å²) in [7, 11) is 0. The van der Waals surface area contributed by atoms with E-state index in [1.54, 1.807) is 16.7 Å². The highest BCUT2D eigenvalue weighted by Crippen LogP contribution is 2.33. The van der Waals surface area contributed by atoms with E-state index in [4.69, 9.17) is 0 Å². The van der Waals surface area contributed by atoms with E-state index >= 15 is 0 Å². The number of benzene rings is 2. The lowest BCUT2D eigenvalue weighted by molar-refractivity contribution is -0.125. The van der Waals surface area contributed by atoms with Gasteiger partial charge in [-0.05, 0) is 50.3 Å². The van der Waals surface area contributed by atoms with Gasteiger partial charge in [0.2, 0.25) is 5.91 Å². The van der Waals surface area contributed by atoms with Gasteiger partial charge in [0.25, 0.3) is 5.91 Å². The molecule has 29 heavy (non-hydrogen) atoms. The van der Waals surface area contributed by atoms with Crippen LogP contribution in [0, 0.1) is 6.92 Å². The van der Waals surface area contributed by atoms with E-state index in [1.165, 1.54) is 5.56 Å². The monoisotopic (exact) mass is 410 g/mol. The van der Waals surface area contributed by atoms with Gasteiger partial charge < -0.3 is 10.2 Å². The molecule has 0 aromatic heterocycles. The zero-order valence-corrected chi connectivity index (χ0v) is 18.2. The van der Waals surface area contributed by atoms with Crippen molar-refractivity contribution in [3.63, 3.8) is 0 Å². The second-order valence-corrected chi connectivity index (χ2v) is 8.88. The van der Waals surface area contributed by atoms with Crippen molar-refractivity contribution in [1.82, 2.24) is 10.2 Å². The van der Waals surface area contributed by atoms with Gasteiger partial charge in [-0.1, -0.05) is 55.5 Å². The standard InChI is InChI=1S/C24H30N2O2S/c1-4-22-26(24(28)20-13-9-8-10-17(20)2)21(16-29-22)23(27)25-18(3)14-15-19-11-6-5-7-12-19/h5-13,18,21-22H,4,14-16H2,1-3H3,(H,25,27). The number of amides is 2. The van der Waals surface area contributed by atoms with E-state index < -0.39 is 6.04 Å². The lowest BCUT2D eigenvalue weighted by Crippen LogP contribution is -2.51. The van der Waals surface area contributed by atoms with Crippen molar-refractivity contribution in [2.75, 3.05) is 5.75 Å². The smallest absolute Gasteiger partial charge is 0.255 e. The molecule has 1 heterocycles. The van der Waals surface area contributed by atoms with Gasteiger partial charge in [-0.3, -0.25) is 9.59 Å². The van der Waals surface area contributed by atoms with Gasteiger partial charge in [0.05, 0.1) is 5.37 Å². The topological polar surface area (TPSA) is 49.4 Å². The quantitative estimate of drug-likeness (QED) is 0.735. The van der Waals surface area contributed by atoms with Crippen LogP contribution in [0.2, 0.25) is 0 Å². The first-order valence-corrected chi connectivity index (χ1v) is 11.4. The molecule has 154 valence electrons. The summed E-state index contributed by atoms with van der Waals surface area (Å²) in [5.41, 5.74) is 2.90. The highest BCUT2D eigenvalue weighted by Gasteiger charge is 2.41. The number of hydrogen-bond donors (Lipinski definition) is 1.